The van der Waals surface area contributed by atoms with Gasteiger partial charge in [0, 0.05) is 37.6 Å². The molecule has 6 nitrogen and oxygen atoms in total. The molecule has 1 aromatic carbocycles. The van der Waals surface area contributed by atoms with Crippen molar-refractivity contribution in [3.63, 3.8) is 0 Å². The molecule has 2 atom stereocenters. The van der Waals surface area contributed by atoms with E-state index in [0.29, 0.717) is 37.8 Å². The van der Waals surface area contributed by atoms with Crippen LogP contribution in [-0.4, -0.2) is 67.7 Å². The monoisotopic (exact) mass is 352 g/mol. The molecule has 1 aromatic rings. The van der Waals surface area contributed by atoms with Crippen LogP contribution in [0.1, 0.15) is 18.0 Å². The number of hydrogen-bond acceptors (Lipinski definition) is 6. The van der Waals surface area contributed by atoms with Gasteiger partial charge >= 0.3 is 11.9 Å². The van der Waals surface area contributed by atoms with Gasteiger partial charge in [-0.2, -0.15) is 0 Å². The Labute approximate surface area is 146 Å². The van der Waals surface area contributed by atoms with Gasteiger partial charge in [0.1, 0.15) is 12.1 Å². The number of nitrogens with zero attached hydrogens (tertiary/aromatic N) is 2. The minimum absolute atomic E-state index is 0.140. The number of ether oxygens (including phenoxy) is 2. The summed E-state index contributed by atoms with van der Waals surface area (Å²) in [5.41, 5.74) is 0.750. The van der Waals surface area contributed by atoms with Crippen LogP contribution in [-0.2, 0) is 19.1 Å². The predicted molar refractivity (Wildman–Crippen MR) is 88.7 cm³/mol. The zero-order chi connectivity index (χ0) is 17.1. The first-order valence-electron chi connectivity index (χ1n) is 8.09. The third kappa shape index (κ3) is 3.41. The molecule has 0 unspecified atom stereocenters. The van der Waals surface area contributed by atoms with Gasteiger partial charge in [0.2, 0.25) is 0 Å². The molecule has 130 valence electrons. The van der Waals surface area contributed by atoms with Crippen molar-refractivity contribution in [3.8, 4) is 0 Å². The van der Waals surface area contributed by atoms with Crippen molar-refractivity contribution in [2.75, 3.05) is 39.9 Å². The topological polar surface area (TPSA) is 59.1 Å². The number of rotatable bonds is 4. The van der Waals surface area contributed by atoms with Gasteiger partial charge in [-0.05, 0) is 11.6 Å². The van der Waals surface area contributed by atoms with Crippen LogP contribution < -0.4 is 0 Å². The van der Waals surface area contributed by atoms with Gasteiger partial charge in [-0.25, -0.2) is 4.79 Å². The molecule has 0 saturated carbocycles. The summed E-state index contributed by atoms with van der Waals surface area (Å²) in [6.07, 6.45) is 0.740. The summed E-state index contributed by atoms with van der Waals surface area (Å²) in [6, 6.07) is 6.65. The molecule has 0 aromatic heterocycles. The maximum Gasteiger partial charge on any atom is 0.327 e. The molecule has 0 amide bonds. The molecule has 0 bridgehead atoms. The number of carbonyl (C=O) groups excluding carboxylic acids is 2. The normalized spacial score (nSPS) is 23.8. The zero-order valence-corrected chi connectivity index (χ0v) is 14.4. The molecule has 3 rings (SSSR count). The zero-order valence-electron chi connectivity index (χ0n) is 13.6. The molecule has 0 N–H and O–H groups in total. The first-order chi connectivity index (χ1) is 11.6. The van der Waals surface area contributed by atoms with E-state index in [1.54, 1.807) is 6.07 Å². The van der Waals surface area contributed by atoms with Crippen LogP contribution in [0.3, 0.4) is 0 Å². The Balaban J connectivity index is 1.73. The van der Waals surface area contributed by atoms with Crippen LogP contribution in [0.2, 0.25) is 5.02 Å². The first kappa shape index (κ1) is 17.2. The molecule has 2 saturated heterocycles. The lowest BCUT2D eigenvalue weighted by Gasteiger charge is -2.39. The molecule has 0 aliphatic carbocycles. The highest BCUT2D eigenvalue weighted by atomic mass is 35.5. The highest BCUT2D eigenvalue weighted by Crippen LogP contribution is 2.30. The quantitative estimate of drug-likeness (QED) is 0.765. The Morgan fingerprint density at radius 2 is 2.00 bits per heavy atom. The third-order valence-corrected chi connectivity index (χ3v) is 5.03. The van der Waals surface area contributed by atoms with Crippen molar-refractivity contribution in [2.24, 2.45) is 0 Å². The molecular formula is C17H21ClN2O4. The predicted octanol–water partition coefficient (Wildman–Crippen LogP) is 1.49. The summed E-state index contributed by atoms with van der Waals surface area (Å²) >= 11 is 6.28. The fourth-order valence-electron chi connectivity index (χ4n) is 3.41. The third-order valence-electron chi connectivity index (χ3n) is 4.69. The largest absolute Gasteiger partial charge is 0.468 e. The molecule has 7 heteroatoms. The molecular weight excluding hydrogens is 332 g/mol. The van der Waals surface area contributed by atoms with Crippen LogP contribution in [0, 0.1) is 0 Å². The molecule has 2 heterocycles. The Bertz CT molecular complexity index is 616. The number of benzene rings is 1. The van der Waals surface area contributed by atoms with Gasteiger partial charge in [-0.3, -0.25) is 14.6 Å². The second-order valence-electron chi connectivity index (χ2n) is 5.99. The molecule has 0 radical (unpaired) electrons. The lowest BCUT2D eigenvalue weighted by Crippen LogP contribution is -2.53. The Morgan fingerprint density at radius 1 is 1.29 bits per heavy atom. The van der Waals surface area contributed by atoms with Crippen molar-refractivity contribution in [1.29, 1.82) is 0 Å². The van der Waals surface area contributed by atoms with Gasteiger partial charge in [0.15, 0.2) is 0 Å². The number of hydrogen-bond donors (Lipinski definition) is 0. The van der Waals surface area contributed by atoms with Gasteiger partial charge in [-0.15, -0.1) is 0 Å². The van der Waals surface area contributed by atoms with Crippen molar-refractivity contribution >= 4 is 23.5 Å². The van der Waals surface area contributed by atoms with Crippen molar-refractivity contribution in [2.45, 2.75) is 18.5 Å². The molecule has 2 aliphatic rings. The van der Waals surface area contributed by atoms with E-state index in [-0.39, 0.29) is 18.0 Å². The lowest BCUT2D eigenvalue weighted by molar-refractivity contribution is -0.149. The molecule has 2 fully saturated rings. The van der Waals surface area contributed by atoms with Gasteiger partial charge < -0.3 is 9.47 Å². The number of halogens is 1. The van der Waals surface area contributed by atoms with Crippen LogP contribution >= 0.6 is 11.6 Å². The van der Waals surface area contributed by atoms with Crippen molar-refractivity contribution in [3.05, 3.63) is 34.9 Å². The fourth-order valence-corrected chi connectivity index (χ4v) is 3.64. The summed E-state index contributed by atoms with van der Waals surface area (Å²) in [5, 5.41) is 0.551. The number of piperazine rings is 1. The van der Waals surface area contributed by atoms with E-state index < -0.39 is 6.04 Å². The highest BCUT2D eigenvalue weighted by molar-refractivity contribution is 6.31. The van der Waals surface area contributed by atoms with Crippen LogP contribution in [0.4, 0.5) is 0 Å². The van der Waals surface area contributed by atoms with E-state index >= 15 is 0 Å². The van der Waals surface area contributed by atoms with Crippen LogP contribution in [0.15, 0.2) is 24.3 Å². The van der Waals surface area contributed by atoms with Crippen molar-refractivity contribution in [1.82, 2.24) is 9.80 Å². The van der Waals surface area contributed by atoms with E-state index in [0.717, 1.165) is 12.0 Å². The van der Waals surface area contributed by atoms with E-state index in [1.807, 2.05) is 18.2 Å². The Kier molecular flexibility index (Phi) is 5.38. The molecule has 2 aliphatic heterocycles. The maximum absolute atomic E-state index is 12.3. The minimum Gasteiger partial charge on any atom is -0.468 e. The number of carbonyl (C=O) groups is 2. The molecule has 24 heavy (non-hydrogen) atoms. The summed E-state index contributed by atoms with van der Waals surface area (Å²) in [6.45, 7) is 3.23. The number of methoxy groups -OCH3 is 1. The van der Waals surface area contributed by atoms with E-state index in [9.17, 15) is 9.59 Å². The molecule has 0 spiro atoms. The first-order valence-corrected chi connectivity index (χ1v) is 8.46. The average molecular weight is 353 g/mol. The second kappa shape index (κ2) is 7.51. The maximum atomic E-state index is 12.3. The van der Waals surface area contributed by atoms with E-state index in [2.05, 4.69) is 9.80 Å². The number of esters is 2. The standard InChI is InChI=1S/C17H21ClN2O4/c1-23-17(22)15(12-4-2-3-5-13(12)18)20-9-7-19(8-10-20)14-6-11-24-16(14)21/h2-5,14-15H,6-11H2,1H3/t14-,15+/m1/s1. The van der Waals surface area contributed by atoms with Gasteiger partial charge in [0.25, 0.3) is 0 Å². The summed E-state index contributed by atoms with van der Waals surface area (Å²) < 4.78 is 10.0. The SMILES string of the molecule is COC(=O)[C@H](c1ccccc1Cl)N1CCN([C@@H]2CCOC2=O)CC1. The Morgan fingerprint density at radius 3 is 2.58 bits per heavy atom. The Hall–Kier alpha value is -1.63. The van der Waals surface area contributed by atoms with Crippen molar-refractivity contribution < 1.29 is 19.1 Å². The highest BCUT2D eigenvalue weighted by Gasteiger charge is 2.37. The second-order valence-corrected chi connectivity index (χ2v) is 6.40. The summed E-state index contributed by atoms with van der Waals surface area (Å²) in [5.74, 6) is -0.462. The average Bonchev–Trinajstić information content (AvgIpc) is 3.03. The fraction of sp³-hybridized carbons (Fsp3) is 0.529. The van der Waals surface area contributed by atoms with E-state index in [4.69, 9.17) is 21.1 Å². The van der Waals surface area contributed by atoms with Gasteiger partial charge in [-0.1, -0.05) is 29.8 Å². The summed E-state index contributed by atoms with van der Waals surface area (Å²) in [4.78, 5) is 28.3. The smallest absolute Gasteiger partial charge is 0.327 e. The van der Waals surface area contributed by atoms with E-state index in [1.165, 1.54) is 7.11 Å². The lowest BCUT2D eigenvalue weighted by atomic mass is 10.0. The van der Waals surface area contributed by atoms with Crippen LogP contribution in [0.5, 0.6) is 0 Å². The number of cyclic esters (lactones) is 1. The minimum atomic E-state index is -0.527. The van der Waals surface area contributed by atoms with Crippen LogP contribution in [0.25, 0.3) is 0 Å². The summed E-state index contributed by atoms with van der Waals surface area (Å²) in [7, 11) is 1.39. The van der Waals surface area contributed by atoms with Gasteiger partial charge in [0.05, 0.1) is 13.7 Å².